The lowest BCUT2D eigenvalue weighted by Crippen LogP contribution is -2.40. The van der Waals surface area contributed by atoms with Gasteiger partial charge in [0.15, 0.2) is 11.0 Å². The smallest absolute Gasteiger partial charge is 0.319 e. The molecule has 0 aliphatic carbocycles. The van der Waals surface area contributed by atoms with Gasteiger partial charge in [0.1, 0.15) is 6.33 Å². The predicted octanol–water partition coefficient (Wildman–Crippen LogP) is 0.0669. The number of hydrogen-bond donors (Lipinski definition) is 1. The number of aromatic nitrogens is 5. The van der Waals surface area contributed by atoms with E-state index in [1.54, 1.807) is 7.05 Å². The Bertz CT molecular complexity index is 704. The number of aromatic amines is 1. The van der Waals surface area contributed by atoms with Crippen molar-refractivity contribution >= 4 is 11.6 Å². The van der Waals surface area contributed by atoms with Crippen LogP contribution in [-0.4, -0.2) is 24.3 Å². The van der Waals surface area contributed by atoms with Crippen LogP contribution in [0.5, 0.6) is 0 Å². The standard InChI is InChI=1S/C9H9ClFN5O2/c1-4(7-14-12-3-15(7)2)16-8(17)5(11)6(10)13-9(16)18/h3-4H,1-2H3,(H,13,18). The van der Waals surface area contributed by atoms with E-state index in [4.69, 9.17) is 11.6 Å². The third-order valence-corrected chi connectivity index (χ3v) is 2.80. The number of halogens is 2. The van der Waals surface area contributed by atoms with E-state index in [1.165, 1.54) is 17.8 Å². The Labute approximate surface area is 105 Å². The van der Waals surface area contributed by atoms with Gasteiger partial charge in [0, 0.05) is 7.05 Å². The van der Waals surface area contributed by atoms with E-state index < -0.39 is 28.3 Å². The first kappa shape index (κ1) is 12.5. The van der Waals surface area contributed by atoms with Crippen molar-refractivity contribution in [3.8, 4) is 0 Å². The maximum absolute atomic E-state index is 13.4. The summed E-state index contributed by atoms with van der Waals surface area (Å²) in [5.41, 5.74) is -1.90. The Morgan fingerprint density at radius 3 is 2.72 bits per heavy atom. The molecule has 1 atom stereocenters. The lowest BCUT2D eigenvalue weighted by Gasteiger charge is -2.12. The topological polar surface area (TPSA) is 85.6 Å². The molecule has 2 heterocycles. The van der Waals surface area contributed by atoms with Crippen molar-refractivity contribution in [1.82, 2.24) is 24.3 Å². The van der Waals surface area contributed by atoms with Crippen molar-refractivity contribution in [2.24, 2.45) is 7.05 Å². The summed E-state index contributed by atoms with van der Waals surface area (Å²) < 4.78 is 15.6. The minimum atomic E-state index is -1.20. The van der Waals surface area contributed by atoms with Gasteiger partial charge in [-0.25, -0.2) is 9.36 Å². The summed E-state index contributed by atoms with van der Waals surface area (Å²) in [5, 5.41) is 6.80. The van der Waals surface area contributed by atoms with Crippen LogP contribution in [0.4, 0.5) is 4.39 Å². The Morgan fingerprint density at radius 1 is 1.50 bits per heavy atom. The Balaban J connectivity index is 2.67. The third kappa shape index (κ3) is 1.84. The molecule has 0 fully saturated rings. The van der Waals surface area contributed by atoms with E-state index in [0.717, 1.165) is 0 Å². The van der Waals surface area contributed by atoms with Gasteiger partial charge in [0.05, 0.1) is 6.04 Å². The van der Waals surface area contributed by atoms with Crippen LogP contribution >= 0.6 is 11.6 Å². The highest BCUT2D eigenvalue weighted by Crippen LogP contribution is 2.11. The zero-order valence-electron chi connectivity index (χ0n) is 9.52. The summed E-state index contributed by atoms with van der Waals surface area (Å²) in [4.78, 5) is 25.4. The average Bonchev–Trinajstić information content (AvgIpc) is 2.72. The minimum Gasteiger partial charge on any atom is -0.319 e. The highest BCUT2D eigenvalue weighted by Gasteiger charge is 2.21. The van der Waals surface area contributed by atoms with Gasteiger partial charge in [-0.05, 0) is 6.92 Å². The summed E-state index contributed by atoms with van der Waals surface area (Å²) in [7, 11) is 1.65. The SMILES string of the molecule is CC(c1nncn1C)n1c(=O)[nH]c(Cl)c(F)c1=O. The molecule has 7 nitrogen and oxygen atoms in total. The van der Waals surface area contributed by atoms with E-state index in [2.05, 4.69) is 15.2 Å². The monoisotopic (exact) mass is 273 g/mol. The molecule has 9 heteroatoms. The quantitative estimate of drug-likeness (QED) is 0.785. The van der Waals surface area contributed by atoms with Crippen LogP contribution < -0.4 is 11.2 Å². The van der Waals surface area contributed by atoms with E-state index in [1.807, 2.05) is 0 Å². The number of nitrogens with one attached hydrogen (secondary N) is 1. The first-order valence-corrected chi connectivity index (χ1v) is 5.35. The lowest BCUT2D eigenvalue weighted by molar-refractivity contribution is 0.491. The van der Waals surface area contributed by atoms with Gasteiger partial charge in [0.2, 0.25) is 5.82 Å². The van der Waals surface area contributed by atoms with Crippen LogP contribution in [0.15, 0.2) is 15.9 Å². The fraction of sp³-hybridized carbons (Fsp3) is 0.333. The molecule has 2 rings (SSSR count). The van der Waals surface area contributed by atoms with Crippen LogP contribution in [0.1, 0.15) is 18.8 Å². The van der Waals surface area contributed by atoms with Crippen LogP contribution in [0, 0.1) is 5.82 Å². The highest BCUT2D eigenvalue weighted by molar-refractivity contribution is 6.29. The normalized spacial score (nSPS) is 12.7. The zero-order chi connectivity index (χ0) is 13.4. The fourth-order valence-electron chi connectivity index (χ4n) is 1.64. The second kappa shape index (κ2) is 4.37. The van der Waals surface area contributed by atoms with Crippen LogP contribution in [0.3, 0.4) is 0 Å². The molecule has 0 saturated heterocycles. The van der Waals surface area contributed by atoms with Crippen molar-refractivity contribution in [3.63, 3.8) is 0 Å². The maximum Gasteiger partial charge on any atom is 0.330 e. The van der Waals surface area contributed by atoms with Crippen molar-refractivity contribution < 1.29 is 4.39 Å². The van der Waals surface area contributed by atoms with E-state index in [0.29, 0.717) is 10.4 Å². The van der Waals surface area contributed by atoms with Gasteiger partial charge in [0.25, 0.3) is 5.56 Å². The molecule has 96 valence electrons. The van der Waals surface area contributed by atoms with Gasteiger partial charge in [-0.3, -0.25) is 9.78 Å². The predicted molar refractivity (Wildman–Crippen MR) is 61.1 cm³/mol. The molecule has 0 bridgehead atoms. The van der Waals surface area contributed by atoms with Gasteiger partial charge in [-0.1, -0.05) is 11.6 Å². The molecule has 0 amide bonds. The van der Waals surface area contributed by atoms with Gasteiger partial charge >= 0.3 is 5.69 Å². The molecule has 2 aromatic heterocycles. The highest BCUT2D eigenvalue weighted by atomic mass is 35.5. The molecule has 1 unspecified atom stereocenters. The van der Waals surface area contributed by atoms with Gasteiger partial charge in [-0.15, -0.1) is 10.2 Å². The summed E-state index contributed by atoms with van der Waals surface area (Å²) in [6.45, 7) is 1.54. The number of rotatable bonds is 2. The Kier molecular flexibility index (Phi) is 3.04. The summed E-state index contributed by atoms with van der Waals surface area (Å²) in [5.74, 6) is -0.852. The molecular formula is C9H9ClFN5O2. The minimum absolute atomic E-state index is 0.351. The molecule has 0 aliphatic rings. The molecule has 2 aromatic rings. The molecule has 0 radical (unpaired) electrons. The van der Waals surface area contributed by atoms with Crippen molar-refractivity contribution in [2.75, 3.05) is 0 Å². The molecule has 0 saturated carbocycles. The summed E-state index contributed by atoms with van der Waals surface area (Å²) >= 11 is 5.37. The Hall–Kier alpha value is -1.96. The zero-order valence-corrected chi connectivity index (χ0v) is 10.3. The lowest BCUT2D eigenvalue weighted by atomic mass is 10.3. The Morgan fingerprint density at radius 2 is 2.17 bits per heavy atom. The van der Waals surface area contributed by atoms with Crippen molar-refractivity contribution in [3.05, 3.63) is 44.0 Å². The second-order valence-corrected chi connectivity index (χ2v) is 4.09. The molecule has 0 aliphatic heterocycles. The first-order valence-electron chi connectivity index (χ1n) is 4.97. The summed E-state index contributed by atoms with van der Waals surface area (Å²) in [6, 6.07) is -0.763. The summed E-state index contributed by atoms with van der Waals surface area (Å²) in [6.07, 6.45) is 1.41. The number of nitrogens with zero attached hydrogens (tertiary/aromatic N) is 4. The van der Waals surface area contributed by atoms with Crippen molar-refractivity contribution in [1.29, 1.82) is 0 Å². The van der Waals surface area contributed by atoms with E-state index in [-0.39, 0.29) is 0 Å². The van der Waals surface area contributed by atoms with Crippen LogP contribution in [0.2, 0.25) is 5.15 Å². The molecule has 0 spiro atoms. The van der Waals surface area contributed by atoms with Gasteiger partial charge in [-0.2, -0.15) is 4.39 Å². The molecule has 1 N–H and O–H groups in total. The van der Waals surface area contributed by atoms with Crippen molar-refractivity contribution in [2.45, 2.75) is 13.0 Å². The molecular weight excluding hydrogens is 265 g/mol. The number of hydrogen-bond acceptors (Lipinski definition) is 4. The van der Waals surface area contributed by atoms with E-state index >= 15 is 0 Å². The van der Waals surface area contributed by atoms with E-state index in [9.17, 15) is 14.0 Å². The number of H-pyrrole nitrogens is 1. The fourth-order valence-corrected chi connectivity index (χ4v) is 1.80. The average molecular weight is 274 g/mol. The largest absolute Gasteiger partial charge is 0.330 e. The van der Waals surface area contributed by atoms with Crippen LogP contribution in [-0.2, 0) is 7.05 Å². The number of aryl methyl sites for hydroxylation is 1. The van der Waals surface area contributed by atoms with Gasteiger partial charge < -0.3 is 4.57 Å². The molecule has 0 aromatic carbocycles. The third-order valence-electron chi connectivity index (χ3n) is 2.54. The van der Waals surface area contributed by atoms with Crippen LogP contribution in [0.25, 0.3) is 0 Å². The maximum atomic E-state index is 13.4. The molecule has 18 heavy (non-hydrogen) atoms. The first-order chi connectivity index (χ1) is 8.43. The second-order valence-electron chi connectivity index (χ2n) is 3.71.